The minimum absolute atomic E-state index is 0.0913. The molecule has 2 heterocycles. The van der Waals surface area contributed by atoms with Crippen LogP contribution >= 0.6 is 11.3 Å². The van der Waals surface area contributed by atoms with Gasteiger partial charge in [-0.15, -0.1) is 11.3 Å². The zero-order valence-corrected chi connectivity index (χ0v) is 12.3. The lowest BCUT2D eigenvalue weighted by Crippen LogP contribution is -2.43. The average molecular weight is 303 g/mol. The van der Waals surface area contributed by atoms with E-state index in [0.717, 1.165) is 6.42 Å². The van der Waals surface area contributed by atoms with Crippen LogP contribution in [0.4, 0.5) is 5.13 Å². The van der Waals surface area contributed by atoms with Crippen LogP contribution < -0.4 is 5.32 Å². The summed E-state index contributed by atoms with van der Waals surface area (Å²) < 4.78 is 25.5. The van der Waals surface area contributed by atoms with E-state index in [-0.39, 0.29) is 11.7 Å². The van der Waals surface area contributed by atoms with Crippen LogP contribution in [-0.4, -0.2) is 42.0 Å². The number of anilines is 1. The molecule has 1 aliphatic rings. The van der Waals surface area contributed by atoms with Crippen LogP contribution in [0.5, 0.6) is 0 Å². The molecule has 0 bridgehead atoms. The van der Waals surface area contributed by atoms with Crippen molar-refractivity contribution in [2.24, 2.45) is 0 Å². The molecule has 106 valence electrons. The van der Waals surface area contributed by atoms with Crippen LogP contribution in [0.1, 0.15) is 26.2 Å². The van der Waals surface area contributed by atoms with E-state index >= 15 is 0 Å². The number of carbonyl (C=O) groups is 1. The van der Waals surface area contributed by atoms with Crippen molar-refractivity contribution in [1.82, 2.24) is 9.29 Å². The lowest BCUT2D eigenvalue weighted by atomic mass is 10.2. The molecule has 1 aliphatic heterocycles. The van der Waals surface area contributed by atoms with E-state index in [1.165, 1.54) is 15.6 Å². The highest BCUT2D eigenvalue weighted by molar-refractivity contribution is 7.89. The third-order valence-electron chi connectivity index (χ3n) is 2.99. The van der Waals surface area contributed by atoms with Gasteiger partial charge in [-0.1, -0.05) is 6.92 Å². The maximum atomic E-state index is 12.1. The molecular weight excluding hydrogens is 286 g/mol. The third kappa shape index (κ3) is 3.31. The largest absolute Gasteiger partial charge is 0.301 e. The maximum Gasteiger partial charge on any atom is 0.244 e. The molecule has 0 aliphatic carbocycles. The number of carbonyl (C=O) groups excluding carboxylic acids is 1. The molecule has 1 atom stereocenters. The van der Waals surface area contributed by atoms with Gasteiger partial charge in [-0.05, 0) is 19.3 Å². The molecule has 1 aromatic heterocycles. The van der Waals surface area contributed by atoms with Gasteiger partial charge < -0.3 is 5.32 Å². The molecule has 0 spiro atoms. The molecule has 1 amide bonds. The summed E-state index contributed by atoms with van der Waals surface area (Å²) in [4.78, 5) is 16.1. The normalized spacial score (nSPS) is 20.6. The van der Waals surface area contributed by atoms with Crippen LogP contribution in [0.2, 0.25) is 0 Å². The fourth-order valence-electron chi connectivity index (χ4n) is 2.18. The molecule has 8 heteroatoms. The zero-order chi connectivity index (χ0) is 13.9. The maximum absolute atomic E-state index is 12.1. The summed E-state index contributed by atoms with van der Waals surface area (Å²) >= 11 is 1.32. The standard InChI is InChI=1S/C11H17N3O3S2/c1-2-8-19(16,17)14-6-3-4-9(14)10(15)13-11-12-5-7-18-11/h5,7,9H,2-4,6,8H2,1H3,(H,12,13,15)/t9-/m1/s1. The number of aromatic nitrogens is 1. The molecular formula is C11H17N3O3S2. The van der Waals surface area contributed by atoms with Gasteiger partial charge in [0.1, 0.15) is 6.04 Å². The van der Waals surface area contributed by atoms with Crippen molar-refractivity contribution in [2.75, 3.05) is 17.6 Å². The fraction of sp³-hybridized carbons (Fsp3) is 0.636. The SMILES string of the molecule is CCCS(=O)(=O)N1CCC[C@@H]1C(=O)Nc1nccs1. The number of thiazole rings is 1. The lowest BCUT2D eigenvalue weighted by molar-refractivity contribution is -0.119. The summed E-state index contributed by atoms with van der Waals surface area (Å²) in [5, 5.41) is 4.93. The van der Waals surface area contributed by atoms with E-state index in [9.17, 15) is 13.2 Å². The van der Waals surface area contributed by atoms with Gasteiger partial charge in [-0.3, -0.25) is 4.79 Å². The number of hydrogen-bond donors (Lipinski definition) is 1. The predicted molar refractivity (Wildman–Crippen MR) is 74.5 cm³/mol. The number of rotatable bonds is 5. The Balaban J connectivity index is 2.08. The van der Waals surface area contributed by atoms with Gasteiger partial charge in [0.15, 0.2) is 5.13 Å². The quantitative estimate of drug-likeness (QED) is 0.889. The molecule has 2 rings (SSSR count). The highest BCUT2D eigenvalue weighted by atomic mass is 32.2. The summed E-state index contributed by atoms with van der Waals surface area (Å²) in [5.41, 5.74) is 0. The zero-order valence-electron chi connectivity index (χ0n) is 10.7. The van der Waals surface area contributed by atoms with Gasteiger partial charge in [-0.25, -0.2) is 13.4 Å². The number of sulfonamides is 1. The Morgan fingerprint density at radius 1 is 1.63 bits per heavy atom. The van der Waals surface area contributed by atoms with Gasteiger partial charge >= 0.3 is 0 Å². The topological polar surface area (TPSA) is 79.4 Å². The van der Waals surface area contributed by atoms with E-state index in [0.29, 0.717) is 24.5 Å². The van der Waals surface area contributed by atoms with E-state index in [1.807, 2.05) is 6.92 Å². The Labute approximate surface area is 116 Å². The van der Waals surface area contributed by atoms with Crippen molar-refractivity contribution >= 4 is 32.4 Å². The Hall–Kier alpha value is -0.990. The number of nitrogens with zero attached hydrogens (tertiary/aromatic N) is 2. The first-order valence-electron chi connectivity index (χ1n) is 6.24. The molecule has 1 aromatic rings. The average Bonchev–Trinajstić information content (AvgIpc) is 2.98. The molecule has 19 heavy (non-hydrogen) atoms. The Morgan fingerprint density at radius 2 is 2.42 bits per heavy atom. The van der Waals surface area contributed by atoms with Crippen LogP contribution in [0.3, 0.4) is 0 Å². The minimum atomic E-state index is -3.33. The first kappa shape index (κ1) is 14.4. The minimum Gasteiger partial charge on any atom is -0.301 e. The van der Waals surface area contributed by atoms with Gasteiger partial charge in [-0.2, -0.15) is 4.31 Å². The molecule has 1 N–H and O–H groups in total. The van der Waals surface area contributed by atoms with Crippen molar-refractivity contribution in [2.45, 2.75) is 32.2 Å². The molecule has 0 radical (unpaired) electrons. The van der Waals surface area contributed by atoms with Crippen LogP contribution in [-0.2, 0) is 14.8 Å². The lowest BCUT2D eigenvalue weighted by Gasteiger charge is -2.22. The van der Waals surface area contributed by atoms with Gasteiger partial charge in [0.05, 0.1) is 5.75 Å². The summed E-state index contributed by atoms with van der Waals surface area (Å²) in [7, 11) is -3.33. The molecule has 1 saturated heterocycles. The molecule has 0 unspecified atom stereocenters. The molecule has 0 saturated carbocycles. The Morgan fingerprint density at radius 3 is 3.05 bits per heavy atom. The summed E-state index contributed by atoms with van der Waals surface area (Å²) in [6, 6.07) is -0.597. The monoisotopic (exact) mass is 303 g/mol. The van der Waals surface area contributed by atoms with Crippen LogP contribution in [0.15, 0.2) is 11.6 Å². The predicted octanol–water partition coefficient (Wildman–Crippen LogP) is 1.29. The van der Waals surface area contributed by atoms with Crippen LogP contribution in [0, 0.1) is 0 Å². The summed E-state index contributed by atoms with van der Waals surface area (Å²) in [5.74, 6) is -0.194. The van der Waals surface area contributed by atoms with Gasteiger partial charge in [0.2, 0.25) is 15.9 Å². The Kier molecular flexibility index (Phi) is 4.54. The van der Waals surface area contributed by atoms with Gasteiger partial charge in [0.25, 0.3) is 0 Å². The number of hydrogen-bond acceptors (Lipinski definition) is 5. The molecule has 0 aromatic carbocycles. The second-order valence-corrected chi connectivity index (χ2v) is 7.35. The van der Waals surface area contributed by atoms with E-state index < -0.39 is 16.1 Å². The molecule has 1 fully saturated rings. The van der Waals surface area contributed by atoms with Crippen molar-refractivity contribution in [3.8, 4) is 0 Å². The Bertz CT molecular complexity index is 527. The second-order valence-electron chi connectivity index (χ2n) is 4.41. The highest BCUT2D eigenvalue weighted by Gasteiger charge is 2.38. The number of nitrogens with one attached hydrogen (secondary N) is 1. The van der Waals surface area contributed by atoms with E-state index in [4.69, 9.17) is 0 Å². The third-order valence-corrected chi connectivity index (χ3v) is 5.75. The van der Waals surface area contributed by atoms with E-state index in [2.05, 4.69) is 10.3 Å². The first-order valence-corrected chi connectivity index (χ1v) is 8.73. The van der Waals surface area contributed by atoms with Crippen molar-refractivity contribution in [1.29, 1.82) is 0 Å². The summed E-state index contributed by atoms with van der Waals surface area (Å²) in [6.07, 6.45) is 3.44. The second kappa shape index (κ2) is 5.98. The van der Waals surface area contributed by atoms with E-state index in [1.54, 1.807) is 11.6 Å². The van der Waals surface area contributed by atoms with Crippen molar-refractivity contribution in [3.05, 3.63) is 11.6 Å². The van der Waals surface area contributed by atoms with Crippen molar-refractivity contribution in [3.63, 3.8) is 0 Å². The summed E-state index contributed by atoms with van der Waals surface area (Å²) in [6.45, 7) is 2.25. The van der Waals surface area contributed by atoms with Gasteiger partial charge in [0, 0.05) is 18.1 Å². The number of amides is 1. The van der Waals surface area contributed by atoms with Crippen molar-refractivity contribution < 1.29 is 13.2 Å². The smallest absolute Gasteiger partial charge is 0.244 e. The van der Waals surface area contributed by atoms with Crippen LogP contribution in [0.25, 0.3) is 0 Å². The fourth-order valence-corrected chi connectivity index (χ4v) is 4.46. The first-order chi connectivity index (χ1) is 9.04. The molecule has 6 nitrogen and oxygen atoms in total. The highest BCUT2D eigenvalue weighted by Crippen LogP contribution is 2.23.